The molecule has 1 aliphatic rings. The third-order valence-electron chi connectivity index (χ3n) is 2.70. The Kier molecular flexibility index (Phi) is 15.1. The highest BCUT2D eigenvalue weighted by Crippen LogP contribution is 2.20. The van der Waals surface area contributed by atoms with Crippen molar-refractivity contribution < 1.29 is 0 Å². The van der Waals surface area contributed by atoms with Gasteiger partial charge < -0.3 is 10.6 Å². The van der Waals surface area contributed by atoms with Crippen LogP contribution in [-0.2, 0) is 0 Å². The summed E-state index contributed by atoms with van der Waals surface area (Å²) in [5.41, 5.74) is 4.50. The fraction of sp³-hybridized carbons (Fsp3) is 1.00. The van der Waals surface area contributed by atoms with Crippen LogP contribution in [-0.4, -0.2) is 31.6 Å². The average molecular weight is 202 g/mol. The van der Waals surface area contributed by atoms with Crippen molar-refractivity contribution in [3.05, 3.63) is 0 Å². The van der Waals surface area contributed by atoms with Crippen LogP contribution in [0.25, 0.3) is 0 Å². The van der Waals surface area contributed by atoms with Crippen molar-refractivity contribution in [2.75, 3.05) is 20.6 Å². The molecule has 1 rings (SSSR count). The van der Waals surface area contributed by atoms with Gasteiger partial charge in [-0.25, -0.2) is 0 Å². The third-order valence-corrected chi connectivity index (χ3v) is 2.70. The lowest BCUT2D eigenvalue weighted by Gasteiger charge is -2.29. The van der Waals surface area contributed by atoms with Crippen molar-refractivity contribution in [3.8, 4) is 0 Å². The van der Waals surface area contributed by atoms with Crippen LogP contribution in [0.3, 0.4) is 0 Å². The van der Waals surface area contributed by atoms with Crippen LogP contribution in [0.15, 0.2) is 0 Å². The van der Waals surface area contributed by atoms with Crippen LogP contribution in [0.2, 0.25) is 0 Å². The number of nitrogens with two attached hydrogens (primary N) is 1. The first-order valence-corrected chi connectivity index (χ1v) is 6.12. The Bertz CT molecular complexity index is 88.3. The lowest BCUT2D eigenvalue weighted by molar-refractivity contribution is 0.200. The van der Waals surface area contributed by atoms with Crippen molar-refractivity contribution in [2.24, 2.45) is 5.73 Å². The SMILES string of the molecule is CC.CCN(C)C1CCCCC1.CN. The van der Waals surface area contributed by atoms with E-state index in [9.17, 15) is 0 Å². The molecule has 0 amide bonds. The zero-order valence-corrected chi connectivity index (χ0v) is 10.8. The minimum atomic E-state index is 0.902. The van der Waals surface area contributed by atoms with Gasteiger partial charge in [-0.15, -0.1) is 0 Å². The van der Waals surface area contributed by atoms with Gasteiger partial charge in [0.25, 0.3) is 0 Å². The molecular weight excluding hydrogens is 172 g/mol. The second-order valence-corrected chi connectivity index (χ2v) is 3.37. The van der Waals surface area contributed by atoms with E-state index in [2.05, 4.69) is 24.6 Å². The van der Waals surface area contributed by atoms with Crippen LogP contribution >= 0.6 is 0 Å². The fourth-order valence-electron chi connectivity index (χ4n) is 1.78. The first-order valence-electron chi connectivity index (χ1n) is 6.12. The maximum atomic E-state index is 4.50. The molecule has 0 bridgehead atoms. The van der Waals surface area contributed by atoms with Gasteiger partial charge >= 0.3 is 0 Å². The van der Waals surface area contributed by atoms with Crippen LogP contribution < -0.4 is 5.73 Å². The monoisotopic (exact) mass is 202 g/mol. The summed E-state index contributed by atoms with van der Waals surface area (Å²) in [5.74, 6) is 0. The summed E-state index contributed by atoms with van der Waals surface area (Å²) < 4.78 is 0. The van der Waals surface area contributed by atoms with E-state index in [4.69, 9.17) is 0 Å². The Balaban J connectivity index is 0. The molecule has 14 heavy (non-hydrogen) atoms. The Morgan fingerprint density at radius 1 is 1.07 bits per heavy atom. The zero-order chi connectivity index (χ0) is 11.4. The molecule has 0 atom stereocenters. The molecule has 2 heteroatoms. The van der Waals surface area contributed by atoms with E-state index < -0.39 is 0 Å². The topological polar surface area (TPSA) is 29.3 Å². The number of nitrogens with zero attached hydrogens (tertiary/aromatic N) is 1. The van der Waals surface area contributed by atoms with Gasteiger partial charge in [0.1, 0.15) is 0 Å². The van der Waals surface area contributed by atoms with Gasteiger partial charge in [0.15, 0.2) is 0 Å². The first-order chi connectivity index (χ1) is 6.84. The Labute approximate surface area is 90.9 Å². The number of hydrogen-bond acceptors (Lipinski definition) is 2. The summed E-state index contributed by atoms with van der Waals surface area (Å²) in [7, 11) is 3.75. The van der Waals surface area contributed by atoms with Crippen LogP contribution in [0.1, 0.15) is 52.9 Å². The van der Waals surface area contributed by atoms with E-state index in [0.717, 1.165) is 6.04 Å². The second kappa shape index (κ2) is 12.9. The quantitative estimate of drug-likeness (QED) is 0.746. The zero-order valence-electron chi connectivity index (χ0n) is 10.8. The molecule has 0 aromatic carbocycles. The molecule has 1 saturated carbocycles. The van der Waals surface area contributed by atoms with Gasteiger partial charge in [-0.3, -0.25) is 0 Å². The summed E-state index contributed by atoms with van der Waals surface area (Å²) in [4.78, 5) is 2.49. The van der Waals surface area contributed by atoms with Gasteiger partial charge in [-0.2, -0.15) is 0 Å². The largest absolute Gasteiger partial charge is 0.333 e. The lowest BCUT2D eigenvalue weighted by atomic mass is 9.95. The molecule has 0 aliphatic heterocycles. The summed E-state index contributed by atoms with van der Waals surface area (Å²) in [6.45, 7) is 7.46. The van der Waals surface area contributed by atoms with E-state index in [0.29, 0.717) is 0 Å². The molecule has 0 heterocycles. The molecule has 2 N–H and O–H groups in total. The molecule has 1 aliphatic carbocycles. The van der Waals surface area contributed by atoms with Crippen molar-refractivity contribution in [1.29, 1.82) is 0 Å². The predicted molar refractivity (Wildman–Crippen MR) is 66.6 cm³/mol. The molecule has 88 valence electrons. The summed E-state index contributed by atoms with van der Waals surface area (Å²) in [5, 5.41) is 0. The predicted octanol–water partition coefficient (Wildman–Crippen LogP) is 2.87. The number of rotatable bonds is 2. The van der Waals surface area contributed by atoms with Gasteiger partial charge in [-0.05, 0) is 33.5 Å². The molecular formula is C12H30N2. The van der Waals surface area contributed by atoms with E-state index in [1.54, 1.807) is 0 Å². The molecule has 0 saturated heterocycles. The maximum Gasteiger partial charge on any atom is 0.00920 e. The van der Waals surface area contributed by atoms with Crippen LogP contribution in [0.5, 0.6) is 0 Å². The average Bonchev–Trinajstić information content (AvgIpc) is 2.34. The molecule has 2 nitrogen and oxygen atoms in total. The normalized spacial score (nSPS) is 16.5. The molecule has 0 spiro atoms. The van der Waals surface area contributed by atoms with Crippen molar-refractivity contribution in [1.82, 2.24) is 4.90 Å². The van der Waals surface area contributed by atoms with Crippen LogP contribution in [0, 0.1) is 0 Å². The third kappa shape index (κ3) is 7.34. The Morgan fingerprint density at radius 2 is 1.50 bits per heavy atom. The minimum Gasteiger partial charge on any atom is -0.333 e. The minimum absolute atomic E-state index is 0.902. The molecule has 0 radical (unpaired) electrons. The van der Waals surface area contributed by atoms with Crippen molar-refractivity contribution in [3.63, 3.8) is 0 Å². The highest BCUT2D eigenvalue weighted by atomic mass is 15.1. The van der Waals surface area contributed by atoms with Gasteiger partial charge in [0.05, 0.1) is 0 Å². The Hall–Kier alpha value is -0.0800. The fourth-order valence-corrected chi connectivity index (χ4v) is 1.78. The van der Waals surface area contributed by atoms with Crippen molar-refractivity contribution in [2.45, 2.75) is 58.9 Å². The standard InChI is InChI=1S/C9H19N.C2H6.CH5N/c1-3-10(2)9-7-5-4-6-8-9;2*1-2/h9H,3-8H2,1-2H3;1-2H3;2H2,1H3. The second-order valence-electron chi connectivity index (χ2n) is 3.37. The van der Waals surface area contributed by atoms with E-state index in [1.807, 2.05) is 13.8 Å². The van der Waals surface area contributed by atoms with E-state index >= 15 is 0 Å². The highest BCUT2D eigenvalue weighted by molar-refractivity contribution is 4.72. The van der Waals surface area contributed by atoms with E-state index in [1.165, 1.54) is 45.7 Å². The summed E-state index contributed by atoms with van der Waals surface area (Å²) in [6.07, 6.45) is 7.24. The van der Waals surface area contributed by atoms with Gasteiger partial charge in [0, 0.05) is 6.04 Å². The highest BCUT2D eigenvalue weighted by Gasteiger charge is 2.15. The molecule has 0 unspecified atom stereocenters. The first kappa shape index (κ1) is 16.4. The summed E-state index contributed by atoms with van der Waals surface area (Å²) >= 11 is 0. The summed E-state index contributed by atoms with van der Waals surface area (Å²) in [6, 6.07) is 0.902. The molecule has 1 fully saturated rings. The maximum absolute atomic E-state index is 4.50. The van der Waals surface area contributed by atoms with Gasteiger partial charge in [0.2, 0.25) is 0 Å². The Morgan fingerprint density at radius 3 is 1.86 bits per heavy atom. The lowest BCUT2D eigenvalue weighted by Crippen LogP contribution is -2.32. The van der Waals surface area contributed by atoms with Crippen molar-refractivity contribution >= 4 is 0 Å². The molecule has 0 aromatic heterocycles. The van der Waals surface area contributed by atoms with E-state index in [-0.39, 0.29) is 0 Å². The number of hydrogen-bond donors (Lipinski definition) is 1. The molecule has 0 aromatic rings. The van der Waals surface area contributed by atoms with Gasteiger partial charge in [-0.1, -0.05) is 40.0 Å². The van der Waals surface area contributed by atoms with Crippen LogP contribution in [0.4, 0.5) is 0 Å². The smallest absolute Gasteiger partial charge is 0.00920 e.